The van der Waals surface area contributed by atoms with Gasteiger partial charge in [-0.1, -0.05) is 31.2 Å². The van der Waals surface area contributed by atoms with Gasteiger partial charge in [0.15, 0.2) is 5.11 Å². The van der Waals surface area contributed by atoms with Crippen molar-refractivity contribution in [3.05, 3.63) is 59.7 Å². The standard InChI is InChI=1S/C16H19N3S/c1-3-13-7-9-14(10-8-13)17-16(20)19-18-15-6-4-5-12(2)11-15/h4-11,18H,3H2,1-2H3,(H2,17,19,20). The van der Waals surface area contributed by atoms with Crippen molar-refractivity contribution in [1.82, 2.24) is 5.43 Å². The highest BCUT2D eigenvalue weighted by atomic mass is 32.1. The number of anilines is 2. The van der Waals surface area contributed by atoms with Crippen LogP contribution in [0.15, 0.2) is 48.5 Å². The molecule has 3 nitrogen and oxygen atoms in total. The van der Waals surface area contributed by atoms with Gasteiger partial charge in [-0.3, -0.25) is 10.9 Å². The molecular formula is C16H19N3S. The second-order valence-corrected chi connectivity index (χ2v) is 5.03. The molecule has 0 fully saturated rings. The van der Waals surface area contributed by atoms with E-state index in [2.05, 4.69) is 48.2 Å². The van der Waals surface area contributed by atoms with Gasteiger partial charge in [-0.05, 0) is 61.0 Å². The van der Waals surface area contributed by atoms with Crippen molar-refractivity contribution in [2.45, 2.75) is 20.3 Å². The van der Waals surface area contributed by atoms with E-state index in [0.717, 1.165) is 17.8 Å². The van der Waals surface area contributed by atoms with Crippen LogP contribution in [0, 0.1) is 6.92 Å². The average molecular weight is 285 g/mol. The van der Waals surface area contributed by atoms with Gasteiger partial charge in [0.1, 0.15) is 0 Å². The molecule has 2 aromatic carbocycles. The summed E-state index contributed by atoms with van der Waals surface area (Å²) < 4.78 is 0. The van der Waals surface area contributed by atoms with Crippen molar-refractivity contribution in [2.24, 2.45) is 0 Å². The zero-order valence-corrected chi connectivity index (χ0v) is 12.6. The number of thiocarbonyl (C=S) groups is 1. The van der Waals surface area contributed by atoms with Crippen LogP contribution in [0.1, 0.15) is 18.1 Å². The quantitative estimate of drug-likeness (QED) is 0.589. The summed E-state index contributed by atoms with van der Waals surface area (Å²) in [4.78, 5) is 0. The fourth-order valence-corrected chi connectivity index (χ4v) is 2.01. The van der Waals surface area contributed by atoms with Crippen LogP contribution >= 0.6 is 12.2 Å². The van der Waals surface area contributed by atoms with E-state index in [4.69, 9.17) is 12.2 Å². The third-order valence-electron chi connectivity index (χ3n) is 2.96. The first kappa shape index (κ1) is 14.3. The molecule has 0 unspecified atom stereocenters. The summed E-state index contributed by atoms with van der Waals surface area (Å²) in [7, 11) is 0. The van der Waals surface area contributed by atoms with Crippen LogP contribution in [0.5, 0.6) is 0 Å². The Morgan fingerprint density at radius 3 is 2.45 bits per heavy atom. The minimum absolute atomic E-state index is 0.538. The fourth-order valence-electron chi connectivity index (χ4n) is 1.84. The molecule has 20 heavy (non-hydrogen) atoms. The average Bonchev–Trinajstić information content (AvgIpc) is 2.46. The molecule has 0 bridgehead atoms. The Hall–Kier alpha value is -2.07. The third-order valence-corrected chi connectivity index (χ3v) is 3.16. The van der Waals surface area contributed by atoms with Crippen molar-refractivity contribution in [3.8, 4) is 0 Å². The molecular weight excluding hydrogens is 266 g/mol. The molecule has 0 saturated heterocycles. The van der Waals surface area contributed by atoms with Gasteiger partial charge in [0, 0.05) is 5.69 Å². The van der Waals surface area contributed by atoms with Gasteiger partial charge >= 0.3 is 0 Å². The van der Waals surface area contributed by atoms with Gasteiger partial charge in [-0.25, -0.2) is 0 Å². The molecule has 0 aliphatic carbocycles. The maximum absolute atomic E-state index is 5.24. The van der Waals surface area contributed by atoms with Crippen LogP contribution in [-0.4, -0.2) is 5.11 Å². The Labute approximate surface area is 125 Å². The summed E-state index contributed by atoms with van der Waals surface area (Å²) in [6, 6.07) is 16.3. The topological polar surface area (TPSA) is 36.1 Å². The maximum Gasteiger partial charge on any atom is 0.189 e. The van der Waals surface area contributed by atoms with Crippen LogP contribution in [0.4, 0.5) is 11.4 Å². The summed E-state index contributed by atoms with van der Waals surface area (Å²) in [6.07, 6.45) is 1.04. The normalized spacial score (nSPS) is 9.90. The largest absolute Gasteiger partial charge is 0.331 e. The van der Waals surface area contributed by atoms with E-state index >= 15 is 0 Å². The lowest BCUT2D eigenvalue weighted by Gasteiger charge is -2.13. The van der Waals surface area contributed by atoms with Gasteiger partial charge in [-0.15, -0.1) is 0 Å². The number of hydrogen-bond donors (Lipinski definition) is 3. The van der Waals surface area contributed by atoms with Crippen LogP contribution in [0.2, 0.25) is 0 Å². The van der Waals surface area contributed by atoms with Crippen LogP contribution in [0.3, 0.4) is 0 Å². The first-order valence-electron chi connectivity index (χ1n) is 6.66. The number of hydrazine groups is 1. The highest BCUT2D eigenvalue weighted by molar-refractivity contribution is 7.80. The molecule has 0 radical (unpaired) electrons. The Balaban J connectivity index is 1.85. The van der Waals surface area contributed by atoms with Crippen molar-refractivity contribution < 1.29 is 0 Å². The SMILES string of the molecule is CCc1ccc(NC(=S)NNc2cccc(C)c2)cc1. The number of aryl methyl sites for hydroxylation is 2. The van der Waals surface area contributed by atoms with Gasteiger partial charge in [0.05, 0.1) is 5.69 Å². The maximum atomic E-state index is 5.24. The molecule has 0 aromatic heterocycles. The molecule has 104 valence electrons. The lowest BCUT2D eigenvalue weighted by molar-refractivity contribution is 1.13. The van der Waals surface area contributed by atoms with E-state index in [-0.39, 0.29) is 0 Å². The zero-order chi connectivity index (χ0) is 14.4. The molecule has 0 saturated carbocycles. The predicted octanol–water partition coefficient (Wildman–Crippen LogP) is 3.87. The smallest absolute Gasteiger partial charge is 0.189 e. The van der Waals surface area contributed by atoms with Crippen molar-refractivity contribution in [1.29, 1.82) is 0 Å². The number of hydrogen-bond acceptors (Lipinski definition) is 2. The van der Waals surface area contributed by atoms with E-state index in [1.807, 2.05) is 30.3 Å². The summed E-state index contributed by atoms with van der Waals surface area (Å²) in [5.74, 6) is 0. The molecule has 0 spiro atoms. The molecule has 0 heterocycles. The van der Waals surface area contributed by atoms with Crippen LogP contribution in [-0.2, 0) is 6.42 Å². The first-order chi connectivity index (χ1) is 9.67. The van der Waals surface area contributed by atoms with Gasteiger partial charge in [-0.2, -0.15) is 0 Å². The highest BCUT2D eigenvalue weighted by Gasteiger charge is 1.98. The van der Waals surface area contributed by atoms with E-state index < -0.39 is 0 Å². The molecule has 0 aliphatic rings. The second-order valence-electron chi connectivity index (χ2n) is 4.62. The summed E-state index contributed by atoms with van der Waals surface area (Å²) in [6.45, 7) is 4.19. The van der Waals surface area contributed by atoms with Crippen molar-refractivity contribution in [2.75, 3.05) is 10.7 Å². The third kappa shape index (κ3) is 4.24. The lowest BCUT2D eigenvalue weighted by Crippen LogP contribution is -2.33. The highest BCUT2D eigenvalue weighted by Crippen LogP contribution is 2.10. The zero-order valence-electron chi connectivity index (χ0n) is 11.7. The summed E-state index contributed by atoms with van der Waals surface area (Å²) >= 11 is 5.24. The summed E-state index contributed by atoms with van der Waals surface area (Å²) in [5.41, 5.74) is 10.5. The molecule has 2 rings (SSSR count). The second kappa shape index (κ2) is 6.91. The number of benzene rings is 2. The van der Waals surface area contributed by atoms with E-state index in [1.54, 1.807) is 0 Å². The molecule has 4 heteroatoms. The number of rotatable bonds is 4. The minimum Gasteiger partial charge on any atom is -0.331 e. The molecule has 0 atom stereocenters. The van der Waals surface area contributed by atoms with E-state index in [0.29, 0.717) is 5.11 Å². The van der Waals surface area contributed by atoms with Gasteiger partial charge < -0.3 is 5.32 Å². The summed E-state index contributed by atoms with van der Waals surface area (Å²) in [5, 5.41) is 3.67. The Morgan fingerprint density at radius 1 is 1.05 bits per heavy atom. The molecule has 2 aromatic rings. The van der Waals surface area contributed by atoms with Crippen LogP contribution < -0.4 is 16.2 Å². The number of nitrogens with one attached hydrogen (secondary N) is 3. The Bertz CT molecular complexity index is 579. The van der Waals surface area contributed by atoms with Gasteiger partial charge in [0.25, 0.3) is 0 Å². The van der Waals surface area contributed by atoms with Crippen LogP contribution in [0.25, 0.3) is 0 Å². The van der Waals surface area contributed by atoms with E-state index in [1.165, 1.54) is 11.1 Å². The molecule has 0 aliphatic heterocycles. The minimum atomic E-state index is 0.538. The molecule has 3 N–H and O–H groups in total. The lowest BCUT2D eigenvalue weighted by atomic mass is 10.1. The van der Waals surface area contributed by atoms with Crippen molar-refractivity contribution in [3.63, 3.8) is 0 Å². The van der Waals surface area contributed by atoms with Gasteiger partial charge in [0.2, 0.25) is 0 Å². The van der Waals surface area contributed by atoms with Crippen molar-refractivity contribution >= 4 is 28.7 Å². The Morgan fingerprint density at radius 2 is 1.80 bits per heavy atom. The van der Waals surface area contributed by atoms with E-state index in [9.17, 15) is 0 Å². The molecule has 0 amide bonds. The predicted molar refractivity (Wildman–Crippen MR) is 90.0 cm³/mol. The first-order valence-corrected chi connectivity index (χ1v) is 7.07. The Kier molecular flexibility index (Phi) is 4.96. The monoisotopic (exact) mass is 285 g/mol. The fraction of sp³-hybridized carbons (Fsp3) is 0.188.